The number of hydrogen-bond donors (Lipinski definition) is 1. The van der Waals surface area contributed by atoms with Gasteiger partial charge in [-0.15, -0.1) is 0 Å². The molecule has 1 rings (SSSR count). The number of non-ortho nitro benzene ring substituents is 1. The van der Waals surface area contributed by atoms with Crippen molar-refractivity contribution in [3.8, 4) is 0 Å². The van der Waals surface area contributed by atoms with Gasteiger partial charge in [0.15, 0.2) is 0 Å². The second-order valence-electron chi connectivity index (χ2n) is 2.81. The smallest absolute Gasteiger partial charge is 0.269 e. The number of hydrogen-bond acceptors (Lipinski definition) is 3. The minimum Gasteiger partial charge on any atom is -0.392 e. The Bertz CT molecular complexity index is 341. The zero-order chi connectivity index (χ0) is 10.6. The molecule has 0 atom stereocenters. The van der Waals surface area contributed by atoms with Crippen molar-refractivity contribution in [1.29, 1.82) is 0 Å². The molecule has 0 aliphatic rings. The lowest BCUT2D eigenvalue weighted by molar-refractivity contribution is -0.384. The number of nitro groups is 1. The summed E-state index contributed by atoms with van der Waals surface area (Å²) in [7, 11) is 0. The lowest BCUT2D eigenvalue weighted by Gasteiger charge is -2.04. The maximum Gasteiger partial charge on any atom is 0.269 e. The first kappa shape index (κ1) is 11.1. The van der Waals surface area contributed by atoms with Crippen molar-refractivity contribution in [1.82, 2.24) is 0 Å². The molecule has 0 saturated heterocycles. The van der Waals surface area contributed by atoms with Gasteiger partial charge >= 0.3 is 0 Å². The van der Waals surface area contributed by atoms with E-state index >= 15 is 0 Å². The second-order valence-corrected chi connectivity index (χ2v) is 3.60. The van der Waals surface area contributed by atoms with Crippen molar-refractivity contribution in [2.24, 2.45) is 0 Å². The van der Waals surface area contributed by atoms with E-state index in [-0.39, 0.29) is 12.3 Å². The van der Waals surface area contributed by atoms with Gasteiger partial charge in [-0.2, -0.15) is 0 Å². The number of aryl methyl sites for hydroxylation is 1. The van der Waals surface area contributed by atoms with Crippen LogP contribution in [0, 0.1) is 10.1 Å². The summed E-state index contributed by atoms with van der Waals surface area (Å²) in [6.45, 7) is -0.0830. The SMILES string of the molecule is O=[N+]([O-])c1ccc(CO)c(CCBr)c1. The minimum atomic E-state index is -0.432. The number of nitro benzene ring substituents is 1. The van der Waals surface area contributed by atoms with E-state index in [9.17, 15) is 10.1 Å². The average molecular weight is 260 g/mol. The van der Waals surface area contributed by atoms with E-state index in [4.69, 9.17) is 5.11 Å². The first-order valence-electron chi connectivity index (χ1n) is 4.12. The van der Waals surface area contributed by atoms with Gasteiger partial charge < -0.3 is 5.11 Å². The monoisotopic (exact) mass is 259 g/mol. The summed E-state index contributed by atoms with van der Waals surface area (Å²) in [6, 6.07) is 4.51. The van der Waals surface area contributed by atoms with Gasteiger partial charge in [0, 0.05) is 17.5 Å². The summed E-state index contributed by atoms with van der Waals surface area (Å²) in [5.74, 6) is 0. The highest BCUT2D eigenvalue weighted by Gasteiger charge is 2.09. The van der Waals surface area contributed by atoms with Gasteiger partial charge in [-0.3, -0.25) is 10.1 Å². The Morgan fingerprint density at radius 3 is 2.64 bits per heavy atom. The van der Waals surface area contributed by atoms with Gasteiger partial charge in [-0.25, -0.2) is 0 Å². The third kappa shape index (κ3) is 2.52. The first-order chi connectivity index (χ1) is 6.69. The predicted molar refractivity (Wildman–Crippen MR) is 56.5 cm³/mol. The summed E-state index contributed by atoms with van der Waals surface area (Å²) < 4.78 is 0. The van der Waals surface area contributed by atoms with Crippen LogP contribution in [0.4, 0.5) is 5.69 Å². The molecule has 1 aromatic carbocycles. The fourth-order valence-electron chi connectivity index (χ4n) is 1.21. The molecule has 0 aliphatic carbocycles. The van der Waals surface area contributed by atoms with Crippen molar-refractivity contribution < 1.29 is 10.0 Å². The van der Waals surface area contributed by atoms with Crippen LogP contribution in [0.2, 0.25) is 0 Å². The van der Waals surface area contributed by atoms with Crippen molar-refractivity contribution in [2.45, 2.75) is 13.0 Å². The maximum atomic E-state index is 10.5. The number of benzene rings is 1. The van der Waals surface area contributed by atoms with E-state index in [0.29, 0.717) is 6.42 Å². The van der Waals surface area contributed by atoms with Crippen molar-refractivity contribution >= 4 is 21.6 Å². The fraction of sp³-hybridized carbons (Fsp3) is 0.333. The van der Waals surface area contributed by atoms with Crippen LogP contribution < -0.4 is 0 Å². The molecule has 4 nitrogen and oxygen atoms in total. The summed E-state index contributed by atoms with van der Waals surface area (Å²) in [4.78, 5) is 10.1. The van der Waals surface area contributed by atoms with E-state index in [0.717, 1.165) is 16.5 Å². The highest BCUT2D eigenvalue weighted by molar-refractivity contribution is 9.09. The molecule has 0 bridgehead atoms. The van der Waals surface area contributed by atoms with Gasteiger partial charge in [0.2, 0.25) is 0 Å². The van der Waals surface area contributed by atoms with Crippen molar-refractivity contribution in [3.63, 3.8) is 0 Å². The highest BCUT2D eigenvalue weighted by atomic mass is 79.9. The molecular weight excluding hydrogens is 250 g/mol. The molecule has 0 radical (unpaired) electrons. The van der Waals surface area contributed by atoms with Gasteiger partial charge in [-0.05, 0) is 23.6 Å². The average Bonchev–Trinajstić information content (AvgIpc) is 2.18. The molecule has 14 heavy (non-hydrogen) atoms. The molecule has 0 spiro atoms. The predicted octanol–water partition coefficient (Wildman–Crippen LogP) is 2.02. The van der Waals surface area contributed by atoms with Crippen LogP contribution in [-0.2, 0) is 13.0 Å². The topological polar surface area (TPSA) is 63.4 Å². The zero-order valence-electron chi connectivity index (χ0n) is 7.44. The lowest BCUT2D eigenvalue weighted by Crippen LogP contribution is -1.97. The molecule has 1 N–H and O–H groups in total. The molecule has 0 heterocycles. The molecule has 76 valence electrons. The highest BCUT2D eigenvalue weighted by Crippen LogP contribution is 2.19. The first-order valence-corrected chi connectivity index (χ1v) is 5.24. The Kier molecular flexibility index (Phi) is 4.03. The normalized spacial score (nSPS) is 10.1. The Hall–Kier alpha value is -0.940. The van der Waals surface area contributed by atoms with Crippen LogP contribution in [0.25, 0.3) is 0 Å². The Labute approximate surface area is 89.8 Å². The van der Waals surface area contributed by atoms with E-state index < -0.39 is 4.92 Å². The molecular formula is C9H10BrNO3. The molecule has 0 aromatic heterocycles. The van der Waals surface area contributed by atoms with Crippen LogP contribution in [0.1, 0.15) is 11.1 Å². The van der Waals surface area contributed by atoms with E-state index in [2.05, 4.69) is 15.9 Å². The molecule has 5 heteroatoms. The van der Waals surface area contributed by atoms with E-state index in [1.54, 1.807) is 6.07 Å². The summed E-state index contributed by atoms with van der Waals surface area (Å²) in [6.07, 6.45) is 0.678. The van der Waals surface area contributed by atoms with Crippen molar-refractivity contribution in [3.05, 3.63) is 39.4 Å². The van der Waals surface area contributed by atoms with Gasteiger partial charge in [-0.1, -0.05) is 15.9 Å². The van der Waals surface area contributed by atoms with E-state index in [1.165, 1.54) is 12.1 Å². The van der Waals surface area contributed by atoms with Gasteiger partial charge in [0.05, 0.1) is 11.5 Å². The zero-order valence-corrected chi connectivity index (χ0v) is 9.03. The van der Waals surface area contributed by atoms with Crippen molar-refractivity contribution in [2.75, 3.05) is 5.33 Å². The lowest BCUT2D eigenvalue weighted by atomic mass is 10.1. The molecule has 0 aliphatic heterocycles. The van der Waals surface area contributed by atoms with Gasteiger partial charge in [0.1, 0.15) is 0 Å². The molecule has 0 fully saturated rings. The standard InChI is InChI=1S/C9H10BrNO3/c10-4-3-7-5-9(11(13)14)2-1-8(7)6-12/h1-2,5,12H,3-4,6H2. The second kappa shape index (κ2) is 5.07. The van der Waals surface area contributed by atoms with Crippen LogP contribution in [0.3, 0.4) is 0 Å². The molecule has 0 saturated carbocycles. The number of nitrogens with zero attached hydrogens (tertiary/aromatic N) is 1. The Balaban J connectivity index is 3.07. The number of aliphatic hydroxyl groups is 1. The van der Waals surface area contributed by atoms with E-state index in [1.807, 2.05) is 0 Å². The summed E-state index contributed by atoms with van der Waals surface area (Å²) >= 11 is 3.26. The summed E-state index contributed by atoms with van der Waals surface area (Å²) in [5.41, 5.74) is 1.63. The fourth-order valence-corrected chi connectivity index (χ4v) is 1.64. The van der Waals surface area contributed by atoms with Crippen LogP contribution >= 0.6 is 15.9 Å². The molecule has 0 amide bonds. The minimum absolute atomic E-state index is 0.0677. The van der Waals surface area contributed by atoms with Crippen LogP contribution in [0.5, 0.6) is 0 Å². The molecule has 0 unspecified atom stereocenters. The quantitative estimate of drug-likeness (QED) is 0.511. The van der Waals surface area contributed by atoms with Gasteiger partial charge in [0.25, 0.3) is 5.69 Å². The Morgan fingerprint density at radius 1 is 1.43 bits per heavy atom. The summed E-state index contributed by atoms with van der Waals surface area (Å²) in [5, 5.41) is 20.2. The van der Waals surface area contributed by atoms with Crippen LogP contribution in [-0.4, -0.2) is 15.4 Å². The molecule has 1 aromatic rings. The van der Waals surface area contributed by atoms with Crippen LogP contribution in [0.15, 0.2) is 18.2 Å². The third-order valence-electron chi connectivity index (χ3n) is 1.93. The number of aliphatic hydroxyl groups excluding tert-OH is 1. The maximum absolute atomic E-state index is 10.5. The number of halogens is 1. The third-order valence-corrected chi connectivity index (χ3v) is 2.33. The largest absolute Gasteiger partial charge is 0.392 e. The Morgan fingerprint density at radius 2 is 2.14 bits per heavy atom. The number of rotatable bonds is 4. The number of alkyl halides is 1.